The van der Waals surface area contributed by atoms with Crippen molar-refractivity contribution in [3.8, 4) is 0 Å². The Morgan fingerprint density at radius 1 is 0.718 bits per heavy atom. The molecule has 0 bridgehead atoms. The summed E-state index contributed by atoms with van der Waals surface area (Å²) in [6.45, 7) is 1.96. The summed E-state index contributed by atoms with van der Waals surface area (Å²) in [5.41, 5.74) is 4.58. The van der Waals surface area contributed by atoms with Gasteiger partial charge in [-0.1, -0.05) is 126 Å². The topological polar surface area (TPSA) is 278 Å². The molecule has 1 aromatic rings. The predicted octanol–water partition coefficient (Wildman–Crippen LogP) is 9.32. The molecule has 2 fully saturated rings. The van der Waals surface area contributed by atoms with E-state index in [0.717, 1.165) is 107 Å². The van der Waals surface area contributed by atoms with E-state index in [-0.39, 0.29) is 18.7 Å². The van der Waals surface area contributed by atoms with Crippen LogP contribution in [0.25, 0.3) is 0 Å². The molecule has 0 amide bonds. The number of esters is 2. The fourth-order valence-electron chi connectivity index (χ4n) is 7.49. The molecule has 0 spiro atoms. The van der Waals surface area contributed by atoms with Crippen LogP contribution in [-0.2, 0) is 51.0 Å². The van der Waals surface area contributed by atoms with Crippen molar-refractivity contribution in [3.63, 3.8) is 0 Å². The van der Waals surface area contributed by atoms with E-state index in [1.54, 1.807) is 0 Å². The van der Waals surface area contributed by atoms with Crippen molar-refractivity contribution in [1.82, 2.24) is 9.55 Å². The predicted molar refractivity (Wildman–Crippen MR) is 270 cm³/mol. The molecule has 0 aromatic carbocycles. The van der Waals surface area contributed by atoms with E-state index in [1.807, 2.05) is 0 Å². The van der Waals surface area contributed by atoms with Crippen LogP contribution in [-0.4, -0.2) is 97.9 Å². The van der Waals surface area contributed by atoms with Crippen LogP contribution in [0.2, 0.25) is 0 Å². The molecule has 19 nitrogen and oxygen atoms in total. The van der Waals surface area contributed by atoms with Crippen molar-refractivity contribution in [1.29, 1.82) is 0 Å². The Kier molecular flexibility index (Phi) is 30.9. The fraction of sp³-hybridized carbons (Fsp3) is 0.680. The van der Waals surface area contributed by atoms with Crippen LogP contribution in [0.15, 0.2) is 77.8 Å². The third kappa shape index (κ3) is 27.9. The summed E-state index contributed by atoms with van der Waals surface area (Å²) in [7, 11) is -10.9. The van der Waals surface area contributed by atoms with Crippen molar-refractivity contribution in [2.24, 2.45) is 0 Å². The van der Waals surface area contributed by atoms with Crippen LogP contribution in [0, 0.1) is 0 Å². The monoisotopic (exact) mass is 1040 g/mol. The highest BCUT2D eigenvalue weighted by atomic mass is 31.3. The number of carbonyl (C=O) groups excluding carboxylic acids is 2. The van der Waals surface area contributed by atoms with Gasteiger partial charge in [0.15, 0.2) is 12.3 Å². The number of phosphoric ester groups is 2. The average molecular weight is 1040 g/mol. The van der Waals surface area contributed by atoms with Crippen LogP contribution in [0.1, 0.15) is 161 Å². The number of carbonyl (C=O) groups is 2. The quantitative estimate of drug-likeness (QED) is 0.0135. The van der Waals surface area contributed by atoms with Gasteiger partial charge in [-0.15, -0.1) is 0 Å². The van der Waals surface area contributed by atoms with Crippen molar-refractivity contribution in [3.05, 3.63) is 83.5 Å². The average Bonchev–Trinajstić information content (AvgIpc) is 4.02. The molecule has 402 valence electrons. The molecule has 1 aromatic heterocycles. The molecule has 21 heteroatoms. The molecular formula is C50H81N3O16P2. The third-order valence-corrected chi connectivity index (χ3v) is 14.1. The molecule has 2 saturated heterocycles. The number of aromatic nitrogens is 2. The van der Waals surface area contributed by atoms with Crippen LogP contribution in [0.3, 0.4) is 0 Å². The zero-order chi connectivity index (χ0) is 51.7. The number of ether oxygens (including phenoxy) is 4. The van der Waals surface area contributed by atoms with Crippen molar-refractivity contribution in [2.45, 2.75) is 198 Å². The first-order chi connectivity index (χ1) is 34.1. The lowest BCUT2D eigenvalue weighted by molar-refractivity contribution is -0.161. The lowest BCUT2D eigenvalue weighted by Gasteiger charge is -2.21. The number of phosphoric acid groups is 2. The van der Waals surface area contributed by atoms with Gasteiger partial charge in [0.05, 0.1) is 25.4 Å². The number of unbranched alkanes of at least 4 members (excludes halogenated alkanes) is 11. The summed E-state index contributed by atoms with van der Waals surface area (Å²) in [5, 5.41) is 20.9. The van der Waals surface area contributed by atoms with Crippen molar-refractivity contribution < 1.29 is 71.0 Å². The first-order valence-electron chi connectivity index (χ1n) is 25.4. The number of hydrogen-bond donors (Lipinski definition) is 5. The van der Waals surface area contributed by atoms with Gasteiger partial charge in [0.1, 0.15) is 30.7 Å². The van der Waals surface area contributed by atoms with E-state index >= 15 is 0 Å². The number of nitrogen functional groups attached to an aromatic ring is 1. The second-order valence-corrected chi connectivity index (χ2v) is 20.7. The summed E-state index contributed by atoms with van der Waals surface area (Å²) in [6.07, 6.45) is 34.7. The third-order valence-electron chi connectivity index (χ3n) is 11.5. The number of aliphatic hydroxyl groups excluding tert-OH is 2. The van der Waals surface area contributed by atoms with Gasteiger partial charge >= 0.3 is 33.3 Å². The number of epoxide rings is 1. The molecule has 0 aliphatic carbocycles. The molecule has 3 rings (SSSR count). The molecule has 0 saturated carbocycles. The maximum Gasteiger partial charge on any atom is 0.481 e. The van der Waals surface area contributed by atoms with Crippen LogP contribution < -0.4 is 11.4 Å². The zero-order valence-corrected chi connectivity index (χ0v) is 43.5. The van der Waals surface area contributed by atoms with E-state index in [4.69, 9.17) is 33.7 Å². The molecule has 0 radical (unpaired) electrons. The van der Waals surface area contributed by atoms with Gasteiger partial charge in [-0.25, -0.2) is 13.9 Å². The Labute approximate surface area is 419 Å². The lowest BCUT2D eigenvalue weighted by atomic mass is 10.1. The van der Waals surface area contributed by atoms with E-state index in [9.17, 15) is 43.5 Å². The van der Waals surface area contributed by atoms with Crippen LogP contribution >= 0.6 is 15.6 Å². The Hall–Kier alpha value is -3.58. The minimum Gasteiger partial charge on any atom is -0.462 e. The summed E-state index contributed by atoms with van der Waals surface area (Å²) in [5.74, 6) is -1.35. The van der Waals surface area contributed by atoms with Crippen LogP contribution in [0.5, 0.6) is 0 Å². The number of nitrogens with zero attached hydrogens (tertiary/aromatic N) is 2. The van der Waals surface area contributed by atoms with E-state index in [0.29, 0.717) is 25.0 Å². The second-order valence-electron chi connectivity index (χ2n) is 17.7. The maximum atomic E-state index is 12.9. The smallest absolute Gasteiger partial charge is 0.462 e. The van der Waals surface area contributed by atoms with Crippen molar-refractivity contribution >= 4 is 33.4 Å². The number of aliphatic hydroxyl groups is 2. The number of rotatable bonds is 40. The highest BCUT2D eigenvalue weighted by Crippen LogP contribution is 2.60. The largest absolute Gasteiger partial charge is 0.481 e. The Morgan fingerprint density at radius 2 is 1.31 bits per heavy atom. The second kappa shape index (κ2) is 35.6. The van der Waals surface area contributed by atoms with Gasteiger partial charge in [0, 0.05) is 19.0 Å². The fourth-order valence-corrected chi connectivity index (χ4v) is 9.60. The standard InChI is InChI=1S/C50H81N3O16P2/c1-3-5-7-8-9-10-11-12-13-14-15-16-17-18-22-25-29-33-45(54)63-37-40(66-46(55)34-30-26-23-20-19-21-24-28-32-42-41(67-42)31-27-6-4-2)38-64-70(59,60)69-71(61,62)65-39-43-47(56)48(57)49(68-43)53-36-35-44(51)52-50(53)58/h5,7,9-10,12-13,15-16,24,28,35-36,40-43,47-49,56-57H,3-4,6,8,11,14,17-23,25-27,29-34,37-39H2,1-2H3,(H,59,60)(H,61,62)(H2,51,52,58)/b7-5-,10-9-,13-12-,16-15-,28-24-/t40-,41?,42?,43-,47-,48-,49-/m1/s1. The summed E-state index contributed by atoms with van der Waals surface area (Å²) >= 11 is 0. The van der Waals surface area contributed by atoms with Gasteiger partial charge in [-0.3, -0.25) is 23.2 Å². The van der Waals surface area contributed by atoms with Crippen molar-refractivity contribution in [2.75, 3.05) is 25.6 Å². The van der Waals surface area contributed by atoms with Crippen LogP contribution in [0.4, 0.5) is 5.82 Å². The maximum absolute atomic E-state index is 12.9. The minimum absolute atomic E-state index is 0.0210. The lowest BCUT2D eigenvalue weighted by Crippen LogP contribution is -2.36. The van der Waals surface area contributed by atoms with Gasteiger partial charge in [0.2, 0.25) is 0 Å². The number of nitrogens with two attached hydrogens (primary N) is 1. The van der Waals surface area contributed by atoms with Gasteiger partial charge < -0.3 is 44.7 Å². The highest BCUT2D eigenvalue weighted by Gasteiger charge is 2.46. The summed E-state index contributed by atoms with van der Waals surface area (Å²) < 4.78 is 62.5. The minimum atomic E-state index is -5.44. The van der Waals surface area contributed by atoms with Gasteiger partial charge in [-0.05, 0) is 83.1 Å². The molecular weight excluding hydrogens is 961 g/mol. The first-order valence-corrected chi connectivity index (χ1v) is 28.4. The molecule has 2 aliphatic rings. The normalized spacial score (nSPS) is 22.5. The molecule has 71 heavy (non-hydrogen) atoms. The Balaban J connectivity index is 1.40. The van der Waals surface area contributed by atoms with E-state index in [2.05, 4.69) is 83.9 Å². The molecule has 6 N–H and O–H groups in total. The van der Waals surface area contributed by atoms with E-state index < -0.39 is 83.7 Å². The molecule has 4 unspecified atom stereocenters. The molecule has 2 aliphatic heterocycles. The number of hydrogen-bond acceptors (Lipinski definition) is 16. The zero-order valence-electron chi connectivity index (χ0n) is 41.7. The van der Waals surface area contributed by atoms with E-state index in [1.165, 1.54) is 25.3 Å². The molecule has 3 heterocycles. The van der Waals surface area contributed by atoms with Gasteiger partial charge in [0.25, 0.3) is 0 Å². The number of allylic oxidation sites excluding steroid dienone is 9. The summed E-state index contributed by atoms with van der Waals surface area (Å²) in [6, 6.07) is 1.24. The Bertz CT molecular complexity index is 1990. The SMILES string of the molecule is CC/C=C\C/C=C\C/C=C\C/C=C\CCCCCCC(=O)OC[C@H](COP(=O)(O)OP(=O)(O)OC[C@H]1O[C@@H](n2ccc(N)nc2=O)[C@H](O)[C@@H]1O)OC(=O)CCCCCCC/C=C\CC1OC1CCCCC. The number of anilines is 1. The first kappa shape index (κ1) is 61.7. The highest BCUT2D eigenvalue weighted by molar-refractivity contribution is 7.61. The van der Waals surface area contributed by atoms with Gasteiger partial charge in [-0.2, -0.15) is 9.29 Å². The summed E-state index contributed by atoms with van der Waals surface area (Å²) in [4.78, 5) is 61.9. The molecule has 9 atom stereocenters. The Morgan fingerprint density at radius 3 is 1.96 bits per heavy atom.